The fourth-order valence-corrected chi connectivity index (χ4v) is 3.01. The van der Waals surface area contributed by atoms with Gasteiger partial charge in [-0.05, 0) is 24.4 Å². The second kappa shape index (κ2) is 4.16. The zero-order valence-corrected chi connectivity index (χ0v) is 9.49. The molecule has 2 aromatic heterocycles. The van der Waals surface area contributed by atoms with E-state index < -0.39 is 0 Å². The van der Waals surface area contributed by atoms with Gasteiger partial charge in [-0.2, -0.15) is 11.3 Å². The molecule has 0 aromatic carbocycles. The highest BCUT2D eigenvalue weighted by molar-refractivity contribution is 7.15. The smallest absolute Gasteiger partial charge is 0.148 e. The van der Waals surface area contributed by atoms with Crippen molar-refractivity contribution in [3.8, 4) is 10.6 Å². The summed E-state index contributed by atoms with van der Waals surface area (Å²) in [6, 6.07) is 0. The molecule has 0 spiro atoms. The molecule has 2 N–H and O–H groups in total. The van der Waals surface area contributed by atoms with E-state index in [-0.39, 0.29) is 0 Å². The average Bonchev–Trinajstić information content (AvgIpc) is 2.74. The van der Waals surface area contributed by atoms with Crippen LogP contribution in [0.25, 0.3) is 10.6 Å². The summed E-state index contributed by atoms with van der Waals surface area (Å²) in [5.41, 5.74) is 7.93. The number of thiophene rings is 1. The van der Waals surface area contributed by atoms with Crippen molar-refractivity contribution in [1.29, 1.82) is 0 Å². The molecule has 0 fully saturated rings. The van der Waals surface area contributed by atoms with Gasteiger partial charge in [0.25, 0.3) is 0 Å². The molecule has 0 saturated carbocycles. The standard InChI is InChI=1S/C9H11N3S2/c1-6-4-13-5-7(6)9-12-11-8(14-9)2-3-10/h4-5H,2-3,10H2,1H3. The molecule has 2 aromatic rings. The lowest BCUT2D eigenvalue weighted by Crippen LogP contribution is -2.01. The number of hydrogen-bond acceptors (Lipinski definition) is 5. The monoisotopic (exact) mass is 225 g/mol. The molecule has 0 aliphatic heterocycles. The fraction of sp³-hybridized carbons (Fsp3) is 0.333. The molecule has 14 heavy (non-hydrogen) atoms. The van der Waals surface area contributed by atoms with Crippen molar-refractivity contribution in [2.24, 2.45) is 5.73 Å². The zero-order valence-electron chi connectivity index (χ0n) is 7.86. The van der Waals surface area contributed by atoms with Crippen molar-refractivity contribution >= 4 is 22.7 Å². The van der Waals surface area contributed by atoms with E-state index in [4.69, 9.17) is 5.73 Å². The van der Waals surface area contributed by atoms with Crippen LogP contribution in [-0.4, -0.2) is 16.7 Å². The van der Waals surface area contributed by atoms with Crippen molar-refractivity contribution < 1.29 is 0 Å². The Morgan fingerprint density at radius 2 is 2.21 bits per heavy atom. The summed E-state index contributed by atoms with van der Waals surface area (Å²) in [7, 11) is 0. The van der Waals surface area contributed by atoms with Crippen LogP contribution in [0.5, 0.6) is 0 Å². The summed E-state index contributed by atoms with van der Waals surface area (Å²) in [6.45, 7) is 2.73. The van der Waals surface area contributed by atoms with E-state index in [0.29, 0.717) is 6.54 Å². The number of hydrogen-bond donors (Lipinski definition) is 1. The van der Waals surface area contributed by atoms with Gasteiger partial charge >= 0.3 is 0 Å². The number of nitrogens with zero attached hydrogens (tertiary/aromatic N) is 2. The predicted molar refractivity (Wildman–Crippen MR) is 60.7 cm³/mol. The van der Waals surface area contributed by atoms with Gasteiger partial charge in [0.05, 0.1) is 0 Å². The maximum Gasteiger partial charge on any atom is 0.148 e. The van der Waals surface area contributed by atoms with E-state index >= 15 is 0 Å². The van der Waals surface area contributed by atoms with Crippen molar-refractivity contribution in [2.45, 2.75) is 13.3 Å². The average molecular weight is 225 g/mol. The van der Waals surface area contributed by atoms with Gasteiger partial charge in [-0.1, -0.05) is 11.3 Å². The van der Waals surface area contributed by atoms with Crippen LogP contribution in [-0.2, 0) is 6.42 Å². The Kier molecular flexibility index (Phi) is 2.90. The summed E-state index contributed by atoms with van der Waals surface area (Å²) >= 11 is 3.33. The van der Waals surface area contributed by atoms with E-state index in [0.717, 1.165) is 16.4 Å². The molecule has 0 aliphatic carbocycles. The third-order valence-corrected chi connectivity index (χ3v) is 3.79. The molecule has 0 amide bonds. The Hall–Kier alpha value is -0.780. The molecule has 5 heteroatoms. The molecule has 0 unspecified atom stereocenters. The van der Waals surface area contributed by atoms with Crippen LogP contribution in [0.1, 0.15) is 10.6 Å². The van der Waals surface area contributed by atoms with Crippen LogP contribution < -0.4 is 5.73 Å². The SMILES string of the molecule is Cc1cscc1-c1nnc(CCN)s1. The topological polar surface area (TPSA) is 51.8 Å². The minimum Gasteiger partial charge on any atom is -0.330 e. The molecule has 0 radical (unpaired) electrons. The molecule has 0 aliphatic rings. The summed E-state index contributed by atoms with van der Waals surface area (Å²) in [6.07, 6.45) is 0.820. The Labute approximate surface area is 90.6 Å². The van der Waals surface area contributed by atoms with Gasteiger partial charge in [-0.25, -0.2) is 0 Å². The van der Waals surface area contributed by atoms with E-state index in [9.17, 15) is 0 Å². The van der Waals surface area contributed by atoms with Gasteiger partial charge in [0.1, 0.15) is 10.0 Å². The second-order valence-electron chi connectivity index (χ2n) is 3.01. The fourth-order valence-electron chi connectivity index (χ4n) is 1.17. The van der Waals surface area contributed by atoms with Crippen molar-refractivity contribution in [3.63, 3.8) is 0 Å². The highest BCUT2D eigenvalue weighted by atomic mass is 32.1. The molecule has 3 nitrogen and oxygen atoms in total. The Balaban J connectivity index is 2.29. The molecule has 2 heterocycles. The van der Waals surface area contributed by atoms with Crippen LogP contribution in [0.3, 0.4) is 0 Å². The van der Waals surface area contributed by atoms with Crippen molar-refractivity contribution in [2.75, 3.05) is 6.54 Å². The van der Waals surface area contributed by atoms with E-state index in [2.05, 4.69) is 27.9 Å². The van der Waals surface area contributed by atoms with Gasteiger partial charge in [-0.15, -0.1) is 10.2 Å². The molecule has 74 valence electrons. The van der Waals surface area contributed by atoms with Gasteiger partial charge < -0.3 is 5.73 Å². The first-order valence-electron chi connectivity index (χ1n) is 4.37. The molecular formula is C9H11N3S2. The second-order valence-corrected chi connectivity index (χ2v) is 4.81. The highest BCUT2D eigenvalue weighted by Crippen LogP contribution is 2.29. The summed E-state index contributed by atoms with van der Waals surface area (Å²) in [4.78, 5) is 0. The highest BCUT2D eigenvalue weighted by Gasteiger charge is 2.08. The van der Waals surface area contributed by atoms with Crippen LogP contribution in [0.4, 0.5) is 0 Å². The summed E-state index contributed by atoms with van der Waals surface area (Å²) < 4.78 is 0. The Morgan fingerprint density at radius 1 is 1.36 bits per heavy atom. The lowest BCUT2D eigenvalue weighted by Gasteiger charge is -1.90. The first-order valence-corrected chi connectivity index (χ1v) is 6.13. The molecule has 0 bridgehead atoms. The number of nitrogens with two attached hydrogens (primary N) is 1. The van der Waals surface area contributed by atoms with Gasteiger partial charge in [0.2, 0.25) is 0 Å². The quantitative estimate of drug-likeness (QED) is 0.870. The largest absolute Gasteiger partial charge is 0.330 e. The Bertz CT molecular complexity index is 419. The maximum absolute atomic E-state index is 5.46. The molecular weight excluding hydrogens is 214 g/mol. The summed E-state index contributed by atoms with van der Waals surface area (Å²) in [5, 5.41) is 14.5. The van der Waals surface area contributed by atoms with Gasteiger partial charge in [0.15, 0.2) is 0 Å². The molecule has 0 atom stereocenters. The lowest BCUT2D eigenvalue weighted by molar-refractivity contribution is 0.913. The normalized spacial score (nSPS) is 10.7. The predicted octanol–water partition coefficient (Wildman–Crippen LogP) is 2.08. The lowest BCUT2D eigenvalue weighted by atomic mass is 10.2. The van der Waals surface area contributed by atoms with E-state index in [1.807, 2.05) is 0 Å². The van der Waals surface area contributed by atoms with Crippen LogP contribution >= 0.6 is 22.7 Å². The Morgan fingerprint density at radius 3 is 2.86 bits per heavy atom. The minimum absolute atomic E-state index is 0.636. The van der Waals surface area contributed by atoms with Crippen LogP contribution in [0, 0.1) is 6.92 Å². The number of rotatable bonds is 3. The maximum atomic E-state index is 5.46. The minimum atomic E-state index is 0.636. The van der Waals surface area contributed by atoms with Crippen LogP contribution in [0.2, 0.25) is 0 Å². The van der Waals surface area contributed by atoms with E-state index in [1.165, 1.54) is 11.1 Å². The third-order valence-electron chi connectivity index (χ3n) is 1.91. The van der Waals surface area contributed by atoms with Crippen LogP contribution in [0.15, 0.2) is 10.8 Å². The zero-order chi connectivity index (χ0) is 9.97. The molecule has 0 saturated heterocycles. The molecule has 2 rings (SSSR count). The van der Waals surface area contributed by atoms with Gasteiger partial charge in [-0.3, -0.25) is 0 Å². The van der Waals surface area contributed by atoms with Gasteiger partial charge in [0, 0.05) is 17.4 Å². The summed E-state index contributed by atoms with van der Waals surface area (Å²) in [5.74, 6) is 0. The first-order chi connectivity index (χ1) is 6.81. The third kappa shape index (κ3) is 1.84. The number of aryl methyl sites for hydroxylation is 1. The first kappa shape index (κ1) is 9.76. The number of aromatic nitrogens is 2. The van der Waals surface area contributed by atoms with Crippen molar-refractivity contribution in [1.82, 2.24) is 10.2 Å². The van der Waals surface area contributed by atoms with Crippen molar-refractivity contribution in [3.05, 3.63) is 21.3 Å². The van der Waals surface area contributed by atoms with E-state index in [1.54, 1.807) is 22.7 Å².